The van der Waals surface area contributed by atoms with Crippen LogP contribution in [0.5, 0.6) is 0 Å². The van der Waals surface area contributed by atoms with Crippen LogP contribution in [0.3, 0.4) is 0 Å². The number of anilines is 1. The standard InChI is InChI=1S/C10H17ClN4OS/c1-4-15(5-2)9-12-8(11)13-10(14-9)17-7(3)6-16/h7,16H,4-6H2,1-3H3. The molecular weight excluding hydrogens is 260 g/mol. The van der Waals surface area contributed by atoms with Crippen LogP contribution in [-0.4, -0.2) is 45.0 Å². The molecule has 0 radical (unpaired) electrons. The number of hydrogen-bond donors (Lipinski definition) is 1. The van der Waals surface area contributed by atoms with Gasteiger partial charge in [0.05, 0.1) is 6.61 Å². The molecule has 0 aliphatic heterocycles. The van der Waals surface area contributed by atoms with Crippen molar-refractivity contribution in [2.75, 3.05) is 24.6 Å². The fourth-order valence-corrected chi connectivity index (χ4v) is 2.15. The van der Waals surface area contributed by atoms with Crippen molar-refractivity contribution in [2.24, 2.45) is 0 Å². The van der Waals surface area contributed by atoms with Gasteiger partial charge in [-0.2, -0.15) is 15.0 Å². The second-order valence-corrected chi connectivity index (χ2v) is 5.21. The van der Waals surface area contributed by atoms with E-state index in [0.29, 0.717) is 11.1 Å². The second-order valence-electron chi connectivity index (χ2n) is 3.47. The van der Waals surface area contributed by atoms with E-state index in [4.69, 9.17) is 16.7 Å². The number of aliphatic hydroxyl groups is 1. The average molecular weight is 277 g/mol. The van der Waals surface area contributed by atoms with Gasteiger partial charge >= 0.3 is 0 Å². The largest absolute Gasteiger partial charge is 0.395 e. The van der Waals surface area contributed by atoms with Gasteiger partial charge in [0.1, 0.15) is 0 Å². The molecule has 1 unspecified atom stereocenters. The van der Waals surface area contributed by atoms with Crippen LogP contribution in [0.15, 0.2) is 5.16 Å². The maximum absolute atomic E-state index is 9.00. The summed E-state index contributed by atoms with van der Waals surface area (Å²) in [6.45, 7) is 7.68. The molecule has 96 valence electrons. The molecule has 0 bridgehead atoms. The quantitative estimate of drug-likeness (QED) is 0.800. The van der Waals surface area contributed by atoms with Gasteiger partial charge in [-0.3, -0.25) is 0 Å². The number of aromatic nitrogens is 3. The van der Waals surface area contributed by atoms with E-state index in [9.17, 15) is 0 Å². The van der Waals surface area contributed by atoms with Crippen LogP contribution < -0.4 is 4.90 Å². The van der Waals surface area contributed by atoms with E-state index in [1.165, 1.54) is 11.8 Å². The zero-order valence-corrected chi connectivity index (χ0v) is 11.8. The van der Waals surface area contributed by atoms with E-state index in [0.717, 1.165) is 13.1 Å². The molecule has 1 aromatic heterocycles. The van der Waals surface area contributed by atoms with Gasteiger partial charge in [0.15, 0.2) is 5.16 Å². The van der Waals surface area contributed by atoms with Crippen molar-refractivity contribution in [2.45, 2.75) is 31.2 Å². The first kappa shape index (κ1) is 14.5. The Morgan fingerprint density at radius 1 is 1.29 bits per heavy atom. The van der Waals surface area contributed by atoms with Crippen molar-refractivity contribution in [1.82, 2.24) is 15.0 Å². The van der Waals surface area contributed by atoms with E-state index >= 15 is 0 Å². The molecule has 0 fully saturated rings. The first-order chi connectivity index (χ1) is 8.10. The third kappa shape index (κ3) is 4.29. The molecule has 1 heterocycles. The Kier molecular flexibility index (Phi) is 5.94. The SMILES string of the molecule is CCN(CC)c1nc(Cl)nc(SC(C)CO)n1. The summed E-state index contributed by atoms with van der Waals surface area (Å²) < 4.78 is 0. The topological polar surface area (TPSA) is 62.1 Å². The normalized spacial score (nSPS) is 12.5. The monoisotopic (exact) mass is 276 g/mol. The zero-order chi connectivity index (χ0) is 12.8. The van der Waals surface area contributed by atoms with E-state index in [1.807, 2.05) is 25.7 Å². The summed E-state index contributed by atoms with van der Waals surface area (Å²) in [5.74, 6) is 0.586. The predicted molar refractivity (Wildman–Crippen MR) is 70.8 cm³/mol. The molecule has 0 aliphatic rings. The van der Waals surface area contributed by atoms with Crippen LogP contribution in [0.25, 0.3) is 0 Å². The van der Waals surface area contributed by atoms with E-state index in [1.54, 1.807) is 0 Å². The molecule has 0 saturated heterocycles. The van der Waals surface area contributed by atoms with Crippen molar-refractivity contribution < 1.29 is 5.11 Å². The second kappa shape index (κ2) is 6.98. The highest BCUT2D eigenvalue weighted by Crippen LogP contribution is 2.22. The summed E-state index contributed by atoms with van der Waals surface area (Å²) in [6.07, 6.45) is 0. The first-order valence-electron chi connectivity index (χ1n) is 5.54. The van der Waals surface area contributed by atoms with Gasteiger partial charge < -0.3 is 10.0 Å². The van der Waals surface area contributed by atoms with Gasteiger partial charge in [0.25, 0.3) is 0 Å². The number of hydrogen-bond acceptors (Lipinski definition) is 6. The van der Waals surface area contributed by atoms with E-state index < -0.39 is 0 Å². The lowest BCUT2D eigenvalue weighted by Gasteiger charge is -2.18. The van der Waals surface area contributed by atoms with Gasteiger partial charge in [-0.05, 0) is 25.4 Å². The lowest BCUT2D eigenvalue weighted by Crippen LogP contribution is -2.24. The lowest BCUT2D eigenvalue weighted by molar-refractivity contribution is 0.300. The molecule has 17 heavy (non-hydrogen) atoms. The molecule has 0 aromatic carbocycles. The Morgan fingerprint density at radius 2 is 1.94 bits per heavy atom. The fourth-order valence-electron chi connectivity index (χ4n) is 1.24. The van der Waals surface area contributed by atoms with E-state index in [2.05, 4.69) is 15.0 Å². The number of aliphatic hydroxyl groups excluding tert-OH is 1. The van der Waals surface area contributed by atoms with E-state index in [-0.39, 0.29) is 17.1 Å². The highest BCUT2D eigenvalue weighted by Gasteiger charge is 2.12. The summed E-state index contributed by atoms with van der Waals surface area (Å²) in [4.78, 5) is 14.5. The molecule has 5 nitrogen and oxygen atoms in total. The highest BCUT2D eigenvalue weighted by molar-refractivity contribution is 7.99. The van der Waals surface area contributed by atoms with Crippen molar-refractivity contribution in [3.63, 3.8) is 0 Å². The summed E-state index contributed by atoms with van der Waals surface area (Å²) in [5.41, 5.74) is 0. The summed E-state index contributed by atoms with van der Waals surface area (Å²) >= 11 is 7.26. The molecule has 1 N–H and O–H groups in total. The third-order valence-electron chi connectivity index (χ3n) is 2.19. The summed E-state index contributed by atoms with van der Waals surface area (Å²) in [6, 6.07) is 0. The minimum atomic E-state index is 0.0398. The zero-order valence-electron chi connectivity index (χ0n) is 10.2. The van der Waals surface area contributed by atoms with Crippen molar-refractivity contribution in [1.29, 1.82) is 0 Å². The highest BCUT2D eigenvalue weighted by atomic mass is 35.5. The predicted octanol–water partition coefficient (Wildman–Crippen LogP) is 1.84. The molecule has 7 heteroatoms. The van der Waals surface area contributed by atoms with Crippen LogP contribution in [0.2, 0.25) is 5.28 Å². The molecular formula is C10H17ClN4OS. The molecule has 0 aliphatic carbocycles. The van der Waals surface area contributed by atoms with Gasteiger partial charge in [0, 0.05) is 18.3 Å². The van der Waals surface area contributed by atoms with Gasteiger partial charge in [-0.25, -0.2) is 0 Å². The molecule has 1 atom stereocenters. The van der Waals surface area contributed by atoms with Crippen LogP contribution >= 0.6 is 23.4 Å². The number of rotatable bonds is 6. The van der Waals surface area contributed by atoms with Crippen molar-refractivity contribution in [3.05, 3.63) is 5.28 Å². The Balaban J connectivity index is 2.93. The minimum absolute atomic E-state index is 0.0398. The maximum atomic E-state index is 9.00. The lowest BCUT2D eigenvalue weighted by atomic mass is 10.5. The van der Waals surface area contributed by atoms with Crippen LogP contribution in [0, 0.1) is 0 Å². The summed E-state index contributed by atoms with van der Waals surface area (Å²) in [5, 5.41) is 9.78. The molecule has 1 rings (SSSR count). The van der Waals surface area contributed by atoms with Gasteiger partial charge in [-0.1, -0.05) is 18.7 Å². The smallest absolute Gasteiger partial charge is 0.230 e. The number of thioether (sulfide) groups is 1. The molecule has 0 amide bonds. The molecule has 1 aromatic rings. The number of nitrogens with zero attached hydrogens (tertiary/aromatic N) is 4. The maximum Gasteiger partial charge on any atom is 0.230 e. The summed E-state index contributed by atoms with van der Waals surface area (Å²) in [7, 11) is 0. The molecule has 0 spiro atoms. The Bertz CT molecular complexity index is 362. The first-order valence-corrected chi connectivity index (χ1v) is 6.80. The Morgan fingerprint density at radius 3 is 2.47 bits per heavy atom. The van der Waals surface area contributed by atoms with Gasteiger partial charge in [0.2, 0.25) is 11.2 Å². The Labute approximate surface area is 111 Å². The van der Waals surface area contributed by atoms with Gasteiger partial charge in [-0.15, -0.1) is 0 Å². The average Bonchev–Trinajstić information content (AvgIpc) is 2.29. The molecule has 0 saturated carbocycles. The van der Waals surface area contributed by atoms with Crippen molar-refractivity contribution in [3.8, 4) is 0 Å². The van der Waals surface area contributed by atoms with Crippen LogP contribution in [-0.2, 0) is 0 Å². The third-order valence-corrected chi connectivity index (χ3v) is 3.30. The fraction of sp³-hybridized carbons (Fsp3) is 0.700. The minimum Gasteiger partial charge on any atom is -0.395 e. The number of halogens is 1. The van der Waals surface area contributed by atoms with Crippen LogP contribution in [0.1, 0.15) is 20.8 Å². The Hall–Kier alpha value is -0.590. The van der Waals surface area contributed by atoms with Crippen LogP contribution in [0.4, 0.5) is 5.95 Å². The van der Waals surface area contributed by atoms with Crippen molar-refractivity contribution >= 4 is 29.3 Å².